The van der Waals surface area contributed by atoms with Gasteiger partial charge in [-0.2, -0.15) is 0 Å². The van der Waals surface area contributed by atoms with Crippen LogP contribution in [0.5, 0.6) is 0 Å². The van der Waals surface area contributed by atoms with Crippen LogP contribution in [0.15, 0.2) is 65.6 Å². The second-order valence-corrected chi connectivity index (χ2v) is 13.1. The summed E-state index contributed by atoms with van der Waals surface area (Å²) in [6.45, 7) is 10.6. The lowest BCUT2D eigenvalue weighted by Gasteiger charge is -2.32. The fourth-order valence-corrected chi connectivity index (χ4v) is 6.00. The number of nitrogens with one attached hydrogen (secondary N) is 1. The first-order valence-electron chi connectivity index (χ1n) is 13.4. The van der Waals surface area contributed by atoms with E-state index in [1.807, 2.05) is 40.7 Å². The van der Waals surface area contributed by atoms with Crippen molar-refractivity contribution in [2.24, 2.45) is 0 Å². The second kappa shape index (κ2) is 13.7. The summed E-state index contributed by atoms with van der Waals surface area (Å²) in [7, 11) is -4.14. The molecule has 0 aliphatic heterocycles. The largest absolute Gasteiger partial charge is 0.352 e. The van der Waals surface area contributed by atoms with Crippen LogP contribution in [0.2, 0.25) is 10.0 Å². The molecule has 3 aromatic carbocycles. The third kappa shape index (κ3) is 8.03. The predicted octanol–water partition coefficient (Wildman–Crippen LogP) is 6.45. The molecular weight excluding hydrogens is 581 g/mol. The highest BCUT2D eigenvalue weighted by molar-refractivity contribution is 7.92. The highest BCUT2D eigenvalue weighted by Crippen LogP contribution is 2.28. The van der Waals surface area contributed by atoms with Crippen molar-refractivity contribution in [1.82, 2.24) is 10.2 Å². The molecule has 220 valence electrons. The minimum absolute atomic E-state index is 0.0186. The number of anilines is 1. The molecule has 0 saturated carbocycles. The van der Waals surface area contributed by atoms with Crippen LogP contribution in [-0.2, 0) is 26.2 Å². The summed E-state index contributed by atoms with van der Waals surface area (Å²) in [6.07, 6.45) is 0.713. The summed E-state index contributed by atoms with van der Waals surface area (Å²) in [4.78, 5) is 28.7. The third-order valence-corrected chi connectivity index (χ3v) is 9.57. The summed E-state index contributed by atoms with van der Waals surface area (Å²) < 4.78 is 29.1. The smallest absolute Gasteiger partial charge is 0.264 e. The lowest BCUT2D eigenvalue weighted by Crippen LogP contribution is -2.52. The molecule has 0 spiro atoms. The average Bonchev–Trinajstić information content (AvgIpc) is 2.92. The maximum Gasteiger partial charge on any atom is 0.264 e. The number of nitrogens with zero attached hydrogens (tertiary/aromatic N) is 2. The number of rotatable bonds is 11. The number of halogens is 2. The van der Waals surface area contributed by atoms with Gasteiger partial charge < -0.3 is 10.2 Å². The molecule has 2 atom stereocenters. The van der Waals surface area contributed by atoms with Crippen molar-refractivity contribution in [3.63, 3.8) is 0 Å². The van der Waals surface area contributed by atoms with E-state index in [0.717, 1.165) is 21.0 Å². The Balaban J connectivity index is 2.07. The standard InChI is InChI=1S/C31H37Cl2N3O4S/c1-7-23(5)34-31(38)24(6)35(18-25-11-12-26(32)17-29(25)33)30(37)19-36(27-13-10-21(3)22(4)16-27)41(39,40)28-14-8-20(2)9-15-28/h8-17,23-24H,7,18-19H2,1-6H3,(H,34,38)/t23-,24+/m0/s1. The number of hydrogen-bond donors (Lipinski definition) is 1. The molecule has 1 N–H and O–H groups in total. The number of aryl methyl sites for hydroxylation is 3. The average molecular weight is 619 g/mol. The lowest BCUT2D eigenvalue weighted by molar-refractivity contribution is -0.139. The minimum atomic E-state index is -4.14. The van der Waals surface area contributed by atoms with Gasteiger partial charge in [-0.1, -0.05) is 60.0 Å². The third-order valence-electron chi connectivity index (χ3n) is 7.19. The van der Waals surface area contributed by atoms with E-state index in [4.69, 9.17) is 23.2 Å². The Morgan fingerprint density at radius 1 is 0.902 bits per heavy atom. The Kier molecular flexibility index (Phi) is 10.9. The van der Waals surface area contributed by atoms with Gasteiger partial charge in [0.1, 0.15) is 12.6 Å². The molecule has 0 aromatic heterocycles. The lowest BCUT2D eigenvalue weighted by atomic mass is 10.1. The van der Waals surface area contributed by atoms with Crippen LogP contribution >= 0.6 is 23.2 Å². The first-order chi connectivity index (χ1) is 19.2. The van der Waals surface area contributed by atoms with E-state index in [1.165, 1.54) is 17.0 Å². The first kappa shape index (κ1) is 32.4. The second-order valence-electron chi connectivity index (χ2n) is 10.3. The van der Waals surface area contributed by atoms with Crippen molar-refractivity contribution in [3.05, 3.63) is 93.0 Å². The van der Waals surface area contributed by atoms with Crippen LogP contribution < -0.4 is 9.62 Å². The van der Waals surface area contributed by atoms with E-state index in [1.54, 1.807) is 49.4 Å². The maximum atomic E-state index is 14.1. The number of amides is 2. The summed E-state index contributed by atoms with van der Waals surface area (Å²) in [5, 5.41) is 3.69. The summed E-state index contributed by atoms with van der Waals surface area (Å²) in [6, 6.07) is 15.6. The molecule has 10 heteroatoms. The zero-order valence-electron chi connectivity index (χ0n) is 24.2. The summed E-state index contributed by atoms with van der Waals surface area (Å²) >= 11 is 12.5. The molecule has 0 aliphatic carbocycles. The SMILES string of the molecule is CC[C@H](C)NC(=O)[C@@H](C)N(Cc1ccc(Cl)cc1Cl)C(=O)CN(c1ccc(C)c(C)c1)S(=O)(=O)c1ccc(C)cc1. The fourth-order valence-electron chi connectivity index (χ4n) is 4.13. The predicted molar refractivity (Wildman–Crippen MR) is 166 cm³/mol. The Morgan fingerprint density at radius 2 is 1.56 bits per heavy atom. The van der Waals surface area contributed by atoms with E-state index in [9.17, 15) is 18.0 Å². The van der Waals surface area contributed by atoms with Crippen LogP contribution in [0.3, 0.4) is 0 Å². The molecule has 0 aliphatic rings. The summed E-state index contributed by atoms with van der Waals surface area (Å²) in [5.74, 6) is -0.909. The molecule has 0 saturated heterocycles. The van der Waals surface area contributed by atoms with Crippen LogP contribution in [-0.4, -0.2) is 43.8 Å². The monoisotopic (exact) mass is 617 g/mol. The number of sulfonamides is 1. The Hall–Kier alpha value is -3.07. The van der Waals surface area contributed by atoms with Crippen molar-refractivity contribution in [2.45, 2.75) is 71.5 Å². The van der Waals surface area contributed by atoms with E-state index in [2.05, 4.69) is 5.32 Å². The zero-order valence-corrected chi connectivity index (χ0v) is 26.6. The molecule has 3 rings (SSSR count). The van der Waals surface area contributed by atoms with E-state index in [0.29, 0.717) is 27.7 Å². The van der Waals surface area contributed by atoms with Gasteiger partial charge in [0, 0.05) is 22.6 Å². The summed E-state index contributed by atoms with van der Waals surface area (Å²) in [5.41, 5.74) is 3.70. The fraction of sp³-hybridized carbons (Fsp3) is 0.355. The quantitative estimate of drug-likeness (QED) is 0.268. The van der Waals surface area contributed by atoms with Crippen LogP contribution in [0.1, 0.15) is 49.4 Å². The number of hydrogen-bond acceptors (Lipinski definition) is 4. The maximum absolute atomic E-state index is 14.1. The number of carbonyl (C=O) groups excluding carboxylic acids is 2. The molecule has 0 unspecified atom stereocenters. The van der Waals surface area contributed by atoms with Gasteiger partial charge in [0.2, 0.25) is 11.8 Å². The van der Waals surface area contributed by atoms with Crippen molar-refractivity contribution in [3.8, 4) is 0 Å². The van der Waals surface area contributed by atoms with Crippen LogP contribution in [0.25, 0.3) is 0 Å². The van der Waals surface area contributed by atoms with Gasteiger partial charge in [-0.05, 0) is 94.1 Å². The molecule has 0 heterocycles. The Bertz CT molecular complexity index is 1510. The van der Waals surface area contributed by atoms with Gasteiger partial charge in [0.05, 0.1) is 10.6 Å². The van der Waals surface area contributed by atoms with Crippen LogP contribution in [0, 0.1) is 20.8 Å². The van der Waals surface area contributed by atoms with Crippen LogP contribution in [0.4, 0.5) is 5.69 Å². The molecular formula is C31H37Cl2N3O4S. The van der Waals surface area contributed by atoms with Gasteiger partial charge in [0.15, 0.2) is 0 Å². The number of benzene rings is 3. The zero-order chi connectivity index (χ0) is 30.5. The highest BCUT2D eigenvalue weighted by Gasteiger charge is 2.33. The Morgan fingerprint density at radius 3 is 2.15 bits per heavy atom. The van der Waals surface area contributed by atoms with Gasteiger partial charge in [-0.25, -0.2) is 8.42 Å². The van der Waals surface area contributed by atoms with Crippen molar-refractivity contribution < 1.29 is 18.0 Å². The van der Waals surface area contributed by atoms with E-state index < -0.39 is 28.5 Å². The molecule has 7 nitrogen and oxygen atoms in total. The van der Waals surface area contributed by atoms with Crippen molar-refractivity contribution >= 4 is 50.7 Å². The first-order valence-corrected chi connectivity index (χ1v) is 15.6. The molecule has 0 fully saturated rings. The van der Waals surface area contributed by atoms with E-state index in [-0.39, 0.29) is 23.4 Å². The molecule has 0 bridgehead atoms. The van der Waals surface area contributed by atoms with Gasteiger partial charge in [-0.15, -0.1) is 0 Å². The normalized spacial score (nSPS) is 12.9. The number of carbonyl (C=O) groups is 2. The molecule has 0 radical (unpaired) electrons. The van der Waals surface area contributed by atoms with Gasteiger partial charge >= 0.3 is 0 Å². The minimum Gasteiger partial charge on any atom is -0.352 e. The highest BCUT2D eigenvalue weighted by atomic mass is 35.5. The van der Waals surface area contributed by atoms with E-state index >= 15 is 0 Å². The van der Waals surface area contributed by atoms with Crippen molar-refractivity contribution in [1.29, 1.82) is 0 Å². The topological polar surface area (TPSA) is 86.8 Å². The van der Waals surface area contributed by atoms with Gasteiger partial charge in [-0.3, -0.25) is 13.9 Å². The molecule has 3 aromatic rings. The molecule has 2 amide bonds. The van der Waals surface area contributed by atoms with Crippen molar-refractivity contribution in [2.75, 3.05) is 10.8 Å². The molecule has 41 heavy (non-hydrogen) atoms. The van der Waals surface area contributed by atoms with Gasteiger partial charge in [0.25, 0.3) is 10.0 Å². The Labute approximate surface area is 253 Å².